The third-order valence-electron chi connectivity index (χ3n) is 4.86. The summed E-state index contributed by atoms with van der Waals surface area (Å²) in [6, 6.07) is 19.1. The Bertz CT molecular complexity index is 1520. The first-order valence-electron chi connectivity index (χ1n) is 11.2. The van der Waals surface area contributed by atoms with Crippen molar-refractivity contribution >= 4 is 45.4 Å². The van der Waals surface area contributed by atoms with Crippen molar-refractivity contribution in [3.63, 3.8) is 0 Å². The van der Waals surface area contributed by atoms with E-state index < -0.39 is 22.0 Å². The molecule has 10 nitrogen and oxygen atoms in total. The molecule has 0 aromatic heterocycles. The maximum atomic E-state index is 12.7. The third-order valence-corrected chi connectivity index (χ3v) is 6.12. The van der Waals surface area contributed by atoms with E-state index in [2.05, 4.69) is 10.6 Å². The quantitative estimate of drug-likeness (QED) is 0.180. The standard InChI is InChI=1S/C27H23N3O7S/c1-3-36-27(33)20-7-9-23(10-8-20)30-26(32)21(17-28)15-19-5-4-6-24(16-19)37-38(34,35)25-13-11-22(12-14-25)29-18(2)31/h4-16H,3H2,1-2H3,(H,29,31)(H,30,32)/b21-15+. The summed E-state index contributed by atoms with van der Waals surface area (Å²) < 4.78 is 35.5. The van der Waals surface area contributed by atoms with E-state index in [0.717, 1.165) is 0 Å². The Morgan fingerprint density at radius 1 is 0.947 bits per heavy atom. The summed E-state index contributed by atoms with van der Waals surface area (Å²) in [5, 5.41) is 14.6. The third kappa shape index (κ3) is 7.52. The van der Waals surface area contributed by atoms with Gasteiger partial charge in [0, 0.05) is 18.3 Å². The van der Waals surface area contributed by atoms with Crippen molar-refractivity contribution in [3.8, 4) is 11.8 Å². The summed E-state index contributed by atoms with van der Waals surface area (Å²) >= 11 is 0. The van der Waals surface area contributed by atoms with Crippen molar-refractivity contribution < 1.29 is 31.7 Å². The Hall–Kier alpha value is -4.95. The Kier molecular flexibility index (Phi) is 8.97. The molecule has 3 aromatic rings. The van der Waals surface area contributed by atoms with Gasteiger partial charge in [-0.05, 0) is 79.2 Å². The number of carbonyl (C=O) groups is 3. The number of anilines is 2. The summed E-state index contributed by atoms with van der Waals surface area (Å²) in [6.07, 6.45) is 1.28. The topological polar surface area (TPSA) is 152 Å². The Labute approximate surface area is 219 Å². The first-order chi connectivity index (χ1) is 18.1. The zero-order chi connectivity index (χ0) is 27.7. The SMILES string of the molecule is CCOC(=O)c1ccc(NC(=O)/C(C#N)=C/c2cccc(OS(=O)(=O)c3ccc(NC(C)=O)cc3)c2)cc1. The van der Waals surface area contributed by atoms with E-state index in [4.69, 9.17) is 8.92 Å². The zero-order valence-electron chi connectivity index (χ0n) is 20.4. The molecule has 0 aliphatic rings. The molecule has 2 amide bonds. The predicted octanol–water partition coefficient (Wildman–Crippen LogP) is 4.14. The van der Waals surface area contributed by atoms with Gasteiger partial charge in [0.2, 0.25) is 5.91 Å². The second-order valence-electron chi connectivity index (χ2n) is 7.74. The molecule has 0 saturated heterocycles. The van der Waals surface area contributed by atoms with Gasteiger partial charge in [0.1, 0.15) is 22.3 Å². The van der Waals surface area contributed by atoms with Crippen LogP contribution in [0.1, 0.15) is 29.8 Å². The van der Waals surface area contributed by atoms with E-state index in [0.29, 0.717) is 22.5 Å². The van der Waals surface area contributed by atoms with Crippen LogP contribution in [0.25, 0.3) is 6.08 Å². The minimum absolute atomic E-state index is 0.0306. The van der Waals surface area contributed by atoms with E-state index in [-0.39, 0.29) is 28.7 Å². The lowest BCUT2D eigenvalue weighted by atomic mass is 10.1. The van der Waals surface area contributed by atoms with Crippen LogP contribution in [0.2, 0.25) is 0 Å². The van der Waals surface area contributed by atoms with Crippen LogP contribution in [0.5, 0.6) is 5.75 Å². The first-order valence-corrected chi connectivity index (χ1v) is 12.6. The molecule has 3 aromatic carbocycles. The van der Waals surface area contributed by atoms with Gasteiger partial charge in [0.05, 0.1) is 12.2 Å². The molecule has 0 spiro atoms. The fourth-order valence-electron chi connectivity index (χ4n) is 3.16. The lowest BCUT2D eigenvalue weighted by Crippen LogP contribution is -2.13. The lowest BCUT2D eigenvalue weighted by Gasteiger charge is -2.09. The first kappa shape index (κ1) is 27.6. The lowest BCUT2D eigenvalue weighted by molar-refractivity contribution is -0.114. The molecule has 0 radical (unpaired) electrons. The highest BCUT2D eigenvalue weighted by Gasteiger charge is 2.17. The number of nitrogens with zero attached hydrogens (tertiary/aromatic N) is 1. The number of hydrogen-bond donors (Lipinski definition) is 2. The number of esters is 1. The van der Waals surface area contributed by atoms with Crippen molar-refractivity contribution in [2.75, 3.05) is 17.2 Å². The summed E-state index contributed by atoms with van der Waals surface area (Å²) in [6.45, 7) is 3.26. The van der Waals surface area contributed by atoms with Crippen molar-refractivity contribution in [3.05, 3.63) is 89.5 Å². The second-order valence-corrected chi connectivity index (χ2v) is 9.28. The highest BCUT2D eigenvalue weighted by Crippen LogP contribution is 2.22. The number of rotatable bonds is 9. The van der Waals surface area contributed by atoms with Gasteiger partial charge < -0.3 is 19.6 Å². The minimum Gasteiger partial charge on any atom is -0.462 e. The highest BCUT2D eigenvalue weighted by atomic mass is 32.2. The number of benzene rings is 3. The number of carbonyl (C=O) groups excluding carboxylic acids is 3. The van der Waals surface area contributed by atoms with Crippen LogP contribution in [0.15, 0.2) is 83.3 Å². The van der Waals surface area contributed by atoms with Crippen LogP contribution in [0, 0.1) is 11.3 Å². The number of ether oxygens (including phenoxy) is 1. The molecule has 0 bridgehead atoms. The second kappa shape index (κ2) is 12.3. The number of hydrogen-bond acceptors (Lipinski definition) is 8. The summed E-state index contributed by atoms with van der Waals surface area (Å²) in [4.78, 5) is 35.4. The Morgan fingerprint density at radius 2 is 1.58 bits per heavy atom. The van der Waals surface area contributed by atoms with Crippen molar-refractivity contribution in [2.45, 2.75) is 18.7 Å². The molecule has 194 valence electrons. The molecule has 0 atom stereocenters. The van der Waals surface area contributed by atoms with Crippen molar-refractivity contribution in [2.24, 2.45) is 0 Å². The molecule has 0 heterocycles. The van der Waals surface area contributed by atoms with Crippen molar-refractivity contribution in [1.29, 1.82) is 5.26 Å². The number of amides is 2. The maximum absolute atomic E-state index is 12.7. The van der Waals surface area contributed by atoms with Crippen molar-refractivity contribution in [1.82, 2.24) is 0 Å². The molecule has 11 heteroatoms. The van der Waals surface area contributed by atoms with Gasteiger partial charge in [0.15, 0.2) is 0 Å². The van der Waals surface area contributed by atoms with E-state index in [1.807, 2.05) is 6.07 Å². The average Bonchev–Trinajstić information content (AvgIpc) is 2.87. The molecule has 2 N–H and O–H groups in total. The van der Waals surface area contributed by atoms with Crippen LogP contribution in [0.3, 0.4) is 0 Å². The normalized spacial score (nSPS) is 11.1. The fourth-order valence-corrected chi connectivity index (χ4v) is 4.08. The number of nitrogens with one attached hydrogen (secondary N) is 2. The van der Waals surface area contributed by atoms with Gasteiger partial charge in [0.25, 0.3) is 5.91 Å². The van der Waals surface area contributed by atoms with Crippen LogP contribution in [-0.2, 0) is 24.4 Å². The monoisotopic (exact) mass is 533 g/mol. The van der Waals surface area contributed by atoms with E-state index in [9.17, 15) is 28.1 Å². The average molecular weight is 534 g/mol. The zero-order valence-corrected chi connectivity index (χ0v) is 21.2. The molecule has 0 unspecified atom stereocenters. The van der Waals surface area contributed by atoms with Gasteiger partial charge in [-0.2, -0.15) is 13.7 Å². The maximum Gasteiger partial charge on any atom is 0.339 e. The van der Waals surface area contributed by atoms with Crippen LogP contribution in [-0.4, -0.2) is 32.8 Å². The molecule has 0 fully saturated rings. The van der Waals surface area contributed by atoms with Gasteiger partial charge >= 0.3 is 16.1 Å². The molecule has 3 rings (SSSR count). The summed E-state index contributed by atoms with van der Waals surface area (Å²) in [7, 11) is -4.19. The summed E-state index contributed by atoms with van der Waals surface area (Å²) in [5.41, 5.74) is 1.21. The molecule has 38 heavy (non-hydrogen) atoms. The Morgan fingerprint density at radius 3 is 2.18 bits per heavy atom. The Balaban J connectivity index is 1.73. The van der Waals surface area contributed by atoms with E-state index >= 15 is 0 Å². The van der Waals surface area contributed by atoms with Crippen LogP contribution >= 0.6 is 0 Å². The number of nitriles is 1. The predicted molar refractivity (Wildman–Crippen MR) is 140 cm³/mol. The van der Waals surface area contributed by atoms with Gasteiger partial charge in [-0.25, -0.2) is 4.79 Å². The molecule has 0 aliphatic carbocycles. The fraction of sp³-hybridized carbons (Fsp3) is 0.111. The summed E-state index contributed by atoms with van der Waals surface area (Å²) in [5.74, 6) is -1.51. The minimum atomic E-state index is -4.19. The molecule has 0 aliphatic heterocycles. The highest BCUT2D eigenvalue weighted by molar-refractivity contribution is 7.87. The van der Waals surface area contributed by atoms with E-state index in [1.165, 1.54) is 79.7 Å². The molecular weight excluding hydrogens is 510 g/mol. The van der Waals surface area contributed by atoms with Crippen LogP contribution < -0.4 is 14.8 Å². The smallest absolute Gasteiger partial charge is 0.339 e. The van der Waals surface area contributed by atoms with E-state index in [1.54, 1.807) is 13.0 Å². The molecule has 0 saturated carbocycles. The van der Waals surface area contributed by atoms with Crippen LogP contribution in [0.4, 0.5) is 11.4 Å². The van der Waals surface area contributed by atoms with Gasteiger partial charge in [-0.15, -0.1) is 0 Å². The largest absolute Gasteiger partial charge is 0.462 e. The van der Waals surface area contributed by atoms with Gasteiger partial charge in [-0.3, -0.25) is 9.59 Å². The molecular formula is C27H23N3O7S. The van der Waals surface area contributed by atoms with Gasteiger partial charge in [-0.1, -0.05) is 12.1 Å².